The highest BCUT2D eigenvalue weighted by Gasteiger charge is 2.13. The van der Waals surface area contributed by atoms with E-state index in [-0.39, 0.29) is 0 Å². The number of aromatic nitrogens is 2. The molecule has 0 bridgehead atoms. The second kappa shape index (κ2) is 8.25. The van der Waals surface area contributed by atoms with Gasteiger partial charge >= 0.3 is 0 Å². The number of nitrogens with zero attached hydrogens (tertiary/aromatic N) is 2. The van der Waals surface area contributed by atoms with Gasteiger partial charge in [-0.05, 0) is 37.4 Å². The lowest BCUT2D eigenvalue weighted by atomic mass is 10.1. The average Bonchev–Trinajstić information content (AvgIpc) is 2.81. The van der Waals surface area contributed by atoms with E-state index in [1.165, 1.54) is 22.0 Å². The highest BCUT2D eigenvalue weighted by molar-refractivity contribution is 7.11. The van der Waals surface area contributed by atoms with Crippen LogP contribution in [0.25, 0.3) is 0 Å². The van der Waals surface area contributed by atoms with Gasteiger partial charge in [0.1, 0.15) is 0 Å². The Morgan fingerprint density at radius 1 is 1.29 bits per heavy atom. The molecule has 0 aliphatic rings. The largest absolute Gasteiger partial charge is 0.312 e. The quantitative estimate of drug-likeness (QED) is 0.753. The molecule has 0 amide bonds. The third-order valence-corrected chi connectivity index (χ3v) is 4.29. The molecule has 21 heavy (non-hydrogen) atoms. The van der Waals surface area contributed by atoms with Crippen molar-refractivity contribution in [1.29, 1.82) is 0 Å². The van der Waals surface area contributed by atoms with Crippen molar-refractivity contribution >= 4 is 11.3 Å². The van der Waals surface area contributed by atoms with Gasteiger partial charge in [0.05, 0.1) is 10.7 Å². The Labute approximate surface area is 131 Å². The molecule has 0 fully saturated rings. The lowest BCUT2D eigenvalue weighted by molar-refractivity contribution is 0.622. The van der Waals surface area contributed by atoms with Crippen molar-refractivity contribution in [3.05, 3.63) is 45.7 Å². The maximum atomic E-state index is 4.86. The third-order valence-electron chi connectivity index (χ3n) is 3.19. The van der Waals surface area contributed by atoms with Gasteiger partial charge < -0.3 is 5.32 Å². The number of rotatable bonds is 8. The molecule has 0 saturated heterocycles. The van der Waals surface area contributed by atoms with Crippen molar-refractivity contribution in [3.8, 4) is 0 Å². The SMILES string of the molecule is CCCNCc1sc(Cc2ccccn2)nc1CC(C)C. The molecule has 1 N–H and O–H groups in total. The highest BCUT2D eigenvalue weighted by atomic mass is 32.1. The molecule has 2 aromatic heterocycles. The predicted octanol–water partition coefficient (Wildman–Crippen LogP) is 3.83. The monoisotopic (exact) mass is 303 g/mol. The molecule has 0 radical (unpaired) electrons. The van der Waals surface area contributed by atoms with Gasteiger partial charge in [-0.25, -0.2) is 4.98 Å². The van der Waals surface area contributed by atoms with Crippen molar-refractivity contribution < 1.29 is 0 Å². The van der Waals surface area contributed by atoms with Gasteiger partial charge in [-0.1, -0.05) is 26.8 Å². The molecule has 2 rings (SSSR count). The Morgan fingerprint density at radius 2 is 2.14 bits per heavy atom. The van der Waals surface area contributed by atoms with Gasteiger partial charge in [-0.2, -0.15) is 0 Å². The smallest absolute Gasteiger partial charge is 0.0991 e. The normalized spacial score (nSPS) is 11.2. The fourth-order valence-electron chi connectivity index (χ4n) is 2.23. The van der Waals surface area contributed by atoms with E-state index in [9.17, 15) is 0 Å². The van der Waals surface area contributed by atoms with Gasteiger partial charge in [0.2, 0.25) is 0 Å². The van der Waals surface area contributed by atoms with E-state index in [1.807, 2.05) is 29.7 Å². The average molecular weight is 303 g/mol. The van der Waals surface area contributed by atoms with Crippen LogP contribution in [0.4, 0.5) is 0 Å². The molecule has 0 saturated carbocycles. The van der Waals surface area contributed by atoms with E-state index in [1.54, 1.807) is 0 Å². The Hall–Kier alpha value is -1.26. The van der Waals surface area contributed by atoms with E-state index in [0.717, 1.165) is 31.6 Å². The summed E-state index contributed by atoms with van der Waals surface area (Å²) in [6, 6.07) is 6.06. The van der Waals surface area contributed by atoms with E-state index in [4.69, 9.17) is 4.98 Å². The number of nitrogens with one attached hydrogen (secondary N) is 1. The molecule has 114 valence electrons. The summed E-state index contributed by atoms with van der Waals surface area (Å²) in [6.07, 6.45) is 4.91. The van der Waals surface area contributed by atoms with Gasteiger partial charge in [-0.3, -0.25) is 4.98 Å². The second-order valence-electron chi connectivity index (χ2n) is 5.75. The minimum absolute atomic E-state index is 0.639. The summed E-state index contributed by atoms with van der Waals surface area (Å²) in [6.45, 7) is 8.70. The topological polar surface area (TPSA) is 37.8 Å². The van der Waals surface area contributed by atoms with E-state index >= 15 is 0 Å². The maximum Gasteiger partial charge on any atom is 0.0991 e. The Morgan fingerprint density at radius 3 is 2.81 bits per heavy atom. The Bertz CT molecular complexity index is 534. The minimum atomic E-state index is 0.639. The highest BCUT2D eigenvalue weighted by Crippen LogP contribution is 2.23. The van der Waals surface area contributed by atoms with Crippen LogP contribution in [-0.4, -0.2) is 16.5 Å². The predicted molar refractivity (Wildman–Crippen MR) is 89.7 cm³/mol. The van der Waals surface area contributed by atoms with Gasteiger partial charge in [0.15, 0.2) is 0 Å². The standard InChI is InChI=1S/C17H25N3S/c1-4-8-18-12-16-15(10-13(2)3)20-17(21-16)11-14-7-5-6-9-19-14/h5-7,9,13,18H,4,8,10-12H2,1-3H3. The van der Waals surface area contributed by atoms with Crippen molar-refractivity contribution in [3.63, 3.8) is 0 Å². The third kappa shape index (κ3) is 5.21. The molecule has 2 heterocycles. The first-order valence-electron chi connectivity index (χ1n) is 7.77. The maximum absolute atomic E-state index is 4.86. The summed E-state index contributed by atoms with van der Waals surface area (Å²) in [7, 11) is 0. The lowest BCUT2D eigenvalue weighted by Crippen LogP contribution is -2.14. The fraction of sp³-hybridized carbons (Fsp3) is 0.529. The van der Waals surface area contributed by atoms with Gasteiger partial charge in [0, 0.05) is 29.7 Å². The summed E-state index contributed by atoms with van der Waals surface area (Å²) in [5.74, 6) is 0.639. The molecular formula is C17H25N3S. The summed E-state index contributed by atoms with van der Waals surface area (Å²) >= 11 is 1.83. The van der Waals surface area contributed by atoms with Crippen LogP contribution < -0.4 is 5.32 Å². The molecule has 2 aromatic rings. The molecular weight excluding hydrogens is 278 g/mol. The van der Waals surface area contributed by atoms with Crippen LogP contribution >= 0.6 is 11.3 Å². The summed E-state index contributed by atoms with van der Waals surface area (Å²) < 4.78 is 0. The minimum Gasteiger partial charge on any atom is -0.312 e. The molecule has 4 heteroatoms. The van der Waals surface area contributed by atoms with Crippen molar-refractivity contribution in [2.24, 2.45) is 5.92 Å². The molecule has 0 atom stereocenters. The summed E-state index contributed by atoms with van der Waals surface area (Å²) in [4.78, 5) is 10.7. The molecule has 0 aliphatic carbocycles. The van der Waals surface area contributed by atoms with Crippen LogP contribution in [0.1, 0.15) is 48.5 Å². The zero-order chi connectivity index (χ0) is 15.1. The molecule has 0 aliphatic heterocycles. The molecule has 3 nitrogen and oxygen atoms in total. The van der Waals surface area contributed by atoms with Crippen LogP contribution in [0.3, 0.4) is 0 Å². The van der Waals surface area contributed by atoms with Gasteiger partial charge in [0.25, 0.3) is 0 Å². The van der Waals surface area contributed by atoms with Crippen LogP contribution in [0.15, 0.2) is 24.4 Å². The Kier molecular flexibility index (Phi) is 6.33. The summed E-state index contributed by atoms with van der Waals surface area (Å²) in [5, 5.41) is 4.68. The number of hydrogen-bond acceptors (Lipinski definition) is 4. The van der Waals surface area contributed by atoms with Gasteiger partial charge in [-0.15, -0.1) is 11.3 Å². The zero-order valence-corrected chi connectivity index (χ0v) is 14.0. The van der Waals surface area contributed by atoms with E-state index in [2.05, 4.69) is 37.1 Å². The Balaban J connectivity index is 2.10. The van der Waals surface area contributed by atoms with Crippen LogP contribution in [0.5, 0.6) is 0 Å². The number of thiazole rings is 1. The molecule has 0 spiro atoms. The number of hydrogen-bond donors (Lipinski definition) is 1. The number of pyridine rings is 1. The van der Waals surface area contributed by atoms with E-state index in [0.29, 0.717) is 5.92 Å². The van der Waals surface area contributed by atoms with Crippen molar-refractivity contribution in [2.75, 3.05) is 6.54 Å². The van der Waals surface area contributed by atoms with Crippen molar-refractivity contribution in [2.45, 2.75) is 46.6 Å². The first-order chi connectivity index (χ1) is 10.2. The van der Waals surface area contributed by atoms with Crippen LogP contribution in [0, 0.1) is 5.92 Å². The van der Waals surface area contributed by atoms with Crippen molar-refractivity contribution in [1.82, 2.24) is 15.3 Å². The first kappa shape index (κ1) is 16.1. The molecule has 0 unspecified atom stereocenters. The van der Waals surface area contributed by atoms with E-state index < -0.39 is 0 Å². The molecule has 0 aromatic carbocycles. The van der Waals surface area contributed by atoms with Crippen LogP contribution in [-0.2, 0) is 19.4 Å². The lowest BCUT2D eigenvalue weighted by Gasteiger charge is -2.05. The summed E-state index contributed by atoms with van der Waals surface area (Å²) in [5.41, 5.74) is 2.36. The fourth-order valence-corrected chi connectivity index (χ4v) is 3.31. The van der Waals surface area contributed by atoms with Crippen LogP contribution in [0.2, 0.25) is 0 Å². The zero-order valence-electron chi connectivity index (χ0n) is 13.2. The first-order valence-corrected chi connectivity index (χ1v) is 8.58. The second-order valence-corrected chi connectivity index (χ2v) is 6.92.